The van der Waals surface area contributed by atoms with E-state index in [1.807, 2.05) is 72.8 Å². The van der Waals surface area contributed by atoms with Crippen LogP contribution in [0.3, 0.4) is 0 Å². The molecule has 0 aliphatic heterocycles. The second-order valence-electron chi connectivity index (χ2n) is 6.46. The number of hydrogen-bond acceptors (Lipinski definition) is 3. The molecule has 0 aliphatic carbocycles. The number of rotatable bonds is 2. The summed E-state index contributed by atoms with van der Waals surface area (Å²) in [5.74, 6) is 0.235. The van der Waals surface area contributed by atoms with E-state index in [0.717, 1.165) is 44.1 Å². The molecule has 131 valence electrons. The zero-order valence-electron chi connectivity index (χ0n) is 15.1. The molecule has 2 aromatic heterocycles. The molecule has 0 aliphatic rings. The zero-order chi connectivity index (χ0) is 18.2. The van der Waals surface area contributed by atoms with Gasteiger partial charge in [-0.1, -0.05) is 60.7 Å². The molecule has 3 nitrogen and oxygen atoms in total. The smallest absolute Gasteiger partial charge is 0.124 e. The van der Waals surface area contributed by atoms with Gasteiger partial charge in [0.2, 0.25) is 0 Å². The molecule has 0 atom stereocenters. The molecule has 2 heterocycles. The maximum Gasteiger partial charge on any atom is 0.124 e. The Morgan fingerprint density at radius 1 is 0.536 bits per heavy atom. The van der Waals surface area contributed by atoms with Gasteiger partial charge in [-0.05, 0) is 23.8 Å². The molecule has 0 saturated carbocycles. The third-order valence-corrected chi connectivity index (χ3v) is 4.87. The molecule has 0 fully saturated rings. The largest absolute Gasteiger partial charge is 0.507 e. The number of aromatic nitrogens is 2. The first kappa shape index (κ1) is 18.2. The van der Waals surface area contributed by atoms with Crippen LogP contribution in [0, 0.1) is 0 Å². The van der Waals surface area contributed by atoms with Crippen molar-refractivity contribution in [2.45, 2.75) is 0 Å². The van der Waals surface area contributed by atoms with E-state index in [1.165, 1.54) is 0 Å². The lowest BCUT2D eigenvalue weighted by atomic mass is 9.91. The average Bonchev–Trinajstić information content (AvgIpc) is 2.73. The van der Waals surface area contributed by atoms with Crippen LogP contribution in [0.5, 0.6) is 5.75 Å². The van der Waals surface area contributed by atoms with Crippen LogP contribution < -0.4 is 0 Å². The Labute approximate surface area is 173 Å². The summed E-state index contributed by atoms with van der Waals surface area (Å²) in [6.45, 7) is 0. The first-order chi connectivity index (χ1) is 13.3. The molecule has 5 rings (SSSR count). The van der Waals surface area contributed by atoms with Crippen LogP contribution in [0.1, 0.15) is 0 Å². The summed E-state index contributed by atoms with van der Waals surface area (Å²) in [5, 5.41) is 12.9. The zero-order valence-corrected chi connectivity index (χ0v) is 16.2. The topological polar surface area (TPSA) is 46.0 Å². The Kier molecular flexibility index (Phi) is 4.83. The van der Waals surface area contributed by atoms with Crippen molar-refractivity contribution < 1.29 is 5.11 Å². The van der Waals surface area contributed by atoms with E-state index in [-0.39, 0.29) is 23.1 Å². The molecular weight excluding hydrogens is 359 g/mol. The highest BCUT2D eigenvalue weighted by Crippen LogP contribution is 2.42. The van der Waals surface area contributed by atoms with E-state index in [4.69, 9.17) is 0 Å². The van der Waals surface area contributed by atoms with Gasteiger partial charge in [-0.25, -0.2) is 0 Å². The fraction of sp³-hybridized carbons (Fsp3) is 0. The van der Waals surface area contributed by atoms with Gasteiger partial charge in [0, 0.05) is 57.2 Å². The third kappa shape index (κ3) is 2.93. The van der Waals surface area contributed by atoms with Gasteiger partial charge in [0.15, 0.2) is 0 Å². The summed E-state index contributed by atoms with van der Waals surface area (Å²) in [7, 11) is 0. The first-order valence-electron chi connectivity index (χ1n) is 8.83. The van der Waals surface area contributed by atoms with Gasteiger partial charge in [-0.15, -0.1) is 0 Å². The molecule has 0 unspecified atom stereocenters. The van der Waals surface area contributed by atoms with Crippen molar-refractivity contribution in [3.8, 4) is 28.0 Å². The number of fused-ring (bicyclic) bond motifs is 2. The summed E-state index contributed by atoms with van der Waals surface area (Å²) in [4.78, 5) is 9.16. The van der Waals surface area contributed by atoms with Gasteiger partial charge in [-0.2, -0.15) is 0 Å². The van der Waals surface area contributed by atoms with Crippen LogP contribution in [-0.4, -0.2) is 32.4 Å². The van der Waals surface area contributed by atoms with Gasteiger partial charge in [0.1, 0.15) is 5.75 Å². The second kappa shape index (κ2) is 7.44. The molecule has 5 aromatic rings. The highest BCUT2D eigenvalue weighted by molar-refractivity contribution is 6.04. The van der Waals surface area contributed by atoms with Crippen molar-refractivity contribution in [1.82, 2.24) is 9.97 Å². The van der Waals surface area contributed by atoms with Gasteiger partial charge in [0.05, 0.1) is 11.0 Å². The quantitative estimate of drug-likeness (QED) is 0.418. The molecule has 0 bridgehead atoms. The lowest BCUT2D eigenvalue weighted by Crippen LogP contribution is -1.91. The Balaban J connectivity index is 0.00000192. The Bertz CT molecular complexity index is 1290. The SMILES string of the molecule is Oc1cccc(-c2cccc3cccnc23)c1-c1cccc2cccnc12.[Al]. The molecule has 28 heavy (non-hydrogen) atoms. The standard InChI is InChI=1S/C24H16N2O.Al/c27-21-13-3-10-18(19-11-1-6-16-8-4-14-25-23(16)19)22(21)20-12-2-7-17-9-5-15-26-24(17)20;/h1-15,27H;. The molecule has 0 saturated heterocycles. The number of para-hydroxylation sites is 2. The predicted octanol–water partition coefficient (Wildman–Crippen LogP) is 5.44. The molecular formula is C24H16AlN2O. The fourth-order valence-electron chi connectivity index (χ4n) is 3.68. The number of nitrogens with zero attached hydrogens (tertiary/aromatic N) is 2. The van der Waals surface area contributed by atoms with Crippen molar-refractivity contribution in [2.24, 2.45) is 0 Å². The van der Waals surface area contributed by atoms with Crippen molar-refractivity contribution in [3.63, 3.8) is 0 Å². The van der Waals surface area contributed by atoms with Crippen molar-refractivity contribution in [2.75, 3.05) is 0 Å². The summed E-state index contributed by atoms with van der Waals surface area (Å²) in [5.41, 5.74) is 5.41. The molecule has 3 aromatic carbocycles. The van der Waals surface area contributed by atoms with E-state index < -0.39 is 0 Å². The lowest BCUT2D eigenvalue weighted by molar-refractivity contribution is 0.477. The highest BCUT2D eigenvalue weighted by atomic mass is 27.0. The van der Waals surface area contributed by atoms with E-state index in [9.17, 15) is 5.11 Å². The maximum absolute atomic E-state index is 10.8. The first-order valence-corrected chi connectivity index (χ1v) is 8.83. The van der Waals surface area contributed by atoms with Crippen LogP contribution in [0.25, 0.3) is 44.1 Å². The second-order valence-corrected chi connectivity index (χ2v) is 6.46. The minimum Gasteiger partial charge on any atom is -0.507 e. The molecule has 0 spiro atoms. The Hall–Kier alpha value is -3.19. The summed E-state index contributed by atoms with van der Waals surface area (Å²) < 4.78 is 0. The molecule has 0 amide bonds. The van der Waals surface area contributed by atoms with Crippen molar-refractivity contribution >= 4 is 39.2 Å². The predicted molar refractivity (Wildman–Crippen MR) is 115 cm³/mol. The molecule has 3 radical (unpaired) electrons. The fourth-order valence-corrected chi connectivity index (χ4v) is 3.68. The van der Waals surface area contributed by atoms with E-state index in [1.54, 1.807) is 18.5 Å². The van der Waals surface area contributed by atoms with Crippen molar-refractivity contribution in [1.29, 1.82) is 0 Å². The summed E-state index contributed by atoms with van der Waals surface area (Å²) in [6.07, 6.45) is 3.58. The minimum atomic E-state index is 0. The molecule has 1 N–H and O–H groups in total. The van der Waals surface area contributed by atoms with Gasteiger partial charge < -0.3 is 5.11 Å². The third-order valence-electron chi connectivity index (χ3n) is 4.87. The highest BCUT2D eigenvalue weighted by Gasteiger charge is 2.17. The van der Waals surface area contributed by atoms with E-state index in [0.29, 0.717) is 0 Å². The lowest BCUT2D eigenvalue weighted by Gasteiger charge is -2.15. The van der Waals surface area contributed by atoms with Gasteiger partial charge in [-0.3, -0.25) is 9.97 Å². The van der Waals surface area contributed by atoms with E-state index in [2.05, 4.69) is 9.97 Å². The Morgan fingerprint density at radius 3 is 1.71 bits per heavy atom. The summed E-state index contributed by atoms with van der Waals surface area (Å²) >= 11 is 0. The Morgan fingerprint density at radius 2 is 1.04 bits per heavy atom. The number of phenolic OH excluding ortho intramolecular Hbond substituents is 1. The van der Waals surface area contributed by atoms with Crippen LogP contribution in [-0.2, 0) is 0 Å². The number of hydrogen-bond donors (Lipinski definition) is 1. The maximum atomic E-state index is 10.8. The minimum absolute atomic E-state index is 0. The van der Waals surface area contributed by atoms with Crippen LogP contribution in [0.4, 0.5) is 0 Å². The van der Waals surface area contributed by atoms with Gasteiger partial charge in [0.25, 0.3) is 0 Å². The molecule has 4 heteroatoms. The van der Waals surface area contributed by atoms with Crippen LogP contribution in [0.2, 0.25) is 0 Å². The van der Waals surface area contributed by atoms with Crippen LogP contribution >= 0.6 is 0 Å². The number of aromatic hydroxyl groups is 1. The monoisotopic (exact) mass is 375 g/mol. The van der Waals surface area contributed by atoms with Gasteiger partial charge >= 0.3 is 0 Å². The number of phenols is 1. The van der Waals surface area contributed by atoms with Crippen LogP contribution in [0.15, 0.2) is 91.3 Å². The van der Waals surface area contributed by atoms with Crippen molar-refractivity contribution in [3.05, 3.63) is 91.3 Å². The van der Waals surface area contributed by atoms with E-state index >= 15 is 0 Å². The normalized spacial score (nSPS) is 10.7. The average molecular weight is 375 g/mol. The number of benzene rings is 3. The summed E-state index contributed by atoms with van der Waals surface area (Å²) in [6, 6.07) is 25.7. The number of pyridine rings is 2.